The Morgan fingerprint density at radius 3 is 1.74 bits per heavy atom. The van der Waals surface area contributed by atoms with Crippen molar-refractivity contribution in [3.8, 4) is 39.3 Å². The fourth-order valence-corrected chi connectivity index (χ4v) is 7.75. The third-order valence-corrected chi connectivity index (χ3v) is 10.0. The van der Waals surface area contributed by atoms with Crippen LogP contribution in [-0.4, -0.2) is 11.1 Å². The average Bonchev–Trinajstić information content (AvgIpc) is 3.51. The largest absolute Gasteiger partial charge is 0.483 e. The molecule has 0 saturated heterocycles. The molecule has 2 atom stereocenters. The van der Waals surface area contributed by atoms with Crippen molar-refractivity contribution in [2.24, 2.45) is 0 Å². The van der Waals surface area contributed by atoms with Gasteiger partial charge in [0.15, 0.2) is 0 Å². The van der Waals surface area contributed by atoms with E-state index in [9.17, 15) is 0 Å². The quantitative estimate of drug-likeness (QED) is 0.189. The smallest absolute Gasteiger partial charge is 0.142 e. The van der Waals surface area contributed by atoms with E-state index in [1.165, 1.54) is 70.9 Å². The molecule has 0 spiro atoms. The lowest BCUT2D eigenvalue weighted by Crippen LogP contribution is -2.15. The SMILES string of the molecule is C1=CC2Oc3cnc(-c4ccc5c(-c6ccc7ccccc7c6)c6ccccc6c(-c6ccc7ccccc7c6)c5c4)cc3C2C=C1. The number of ether oxygens (including phenoxy) is 1. The summed E-state index contributed by atoms with van der Waals surface area (Å²) >= 11 is 0. The van der Waals surface area contributed by atoms with Crippen molar-refractivity contribution in [2.45, 2.75) is 12.0 Å². The molecule has 220 valence electrons. The van der Waals surface area contributed by atoms with Crippen LogP contribution >= 0.6 is 0 Å². The van der Waals surface area contributed by atoms with Crippen LogP contribution in [0, 0.1) is 0 Å². The zero-order chi connectivity index (χ0) is 30.9. The van der Waals surface area contributed by atoms with Crippen LogP contribution in [0.5, 0.6) is 5.75 Å². The van der Waals surface area contributed by atoms with Crippen LogP contribution in [-0.2, 0) is 0 Å². The Kier molecular flexibility index (Phi) is 5.73. The number of hydrogen-bond donors (Lipinski definition) is 0. The van der Waals surface area contributed by atoms with Crippen molar-refractivity contribution in [3.63, 3.8) is 0 Å². The molecule has 2 heteroatoms. The second-order valence-electron chi connectivity index (χ2n) is 12.7. The summed E-state index contributed by atoms with van der Waals surface area (Å²) in [7, 11) is 0. The van der Waals surface area contributed by atoms with Gasteiger partial charge in [0.25, 0.3) is 0 Å². The van der Waals surface area contributed by atoms with E-state index in [0.29, 0.717) is 0 Å². The van der Waals surface area contributed by atoms with Crippen molar-refractivity contribution >= 4 is 43.1 Å². The summed E-state index contributed by atoms with van der Waals surface area (Å²) in [6, 6.07) is 49.0. The van der Waals surface area contributed by atoms with Gasteiger partial charge in [0.05, 0.1) is 11.9 Å². The molecule has 2 nitrogen and oxygen atoms in total. The zero-order valence-electron chi connectivity index (χ0n) is 25.6. The van der Waals surface area contributed by atoms with Crippen molar-refractivity contribution in [3.05, 3.63) is 170 Å². The summed E-state index contributed by atoms with van der Waals surface area (Å²) in [4.78, 5) is 4.93. The molecule has 0 amide bonds. The van der Waals surface area contributed by atoms with Gasteiger partial charge in [-0.25, -0.2) is 0 Å². The monoisotopic (exact) mass is 599 g/mol. The molecule has 2 heterocycles. The maximum Gasteiger partial charge on any atom is 0.142 e. The summed E-state index contributed by atoms with van der Waals surface area (Å²) in [6.45, 7) is 0. The standard InChI is InChI=1S/C45H29NO/c1-3-11-30-23-33(19-17-28(30)9-1)44-36-14-5-6-15-37(36)45(34-20-18-29-10-2-4-12-31(29)24-34)40-25-32(21-22-38(40)44)41-26-39-35-13-7-8-16-42(35)47-43(39)27-46-41/h1-27,35,42H. The number of pyridine rings is 1. The molecule has 1 aliphatic heterocycles. The fourth-order valence-electron chi connectivity index (χ4n) is 7.75. The van der Waals surface area contributed by atoms with Gasteiger partial charge in [-0.3, -0.25) is 4.98 Å². The van der Waals surface area contributed by atoms with Crippen LogP contribution in [0.2, 0.25) is 0 Å². The molecule has 0 saturated carbocycles. The summed E-state index contributed by atoms with van der Waals surface area (Å²) in [5.74, 6) is 1.09. The highest BCUT2D eigenvalue weighted by atomic mass is 16.5. The van der Waals surface area contributed by atoms with Gasteiger partial charge in [0.2, 0.25) is 0 Å². The number of fused-ring (bicyclic) bond motifs is 7. The molecule has 7 aromatic carbocycles. The maximum absolute atomic E-state index is 6.23. The first kappa shape index (κ1) is 26.2. The van der Waals surface area contributed by atoms with Crippen molar-refractivity contribution in [1.82, 2.24) is 4.98 Å². The van der Waals surface area contributed by atoms with E-state index in [1.807, 2.05) is 6.20 Å². The topological polar surface area (TPSA) is 22.1 Å². The second-order valence-corrected chi connectivity index (χ2v) is 12.7. The van der Waals surface area contributed by atoms with Gasteiger partial charge in [0, 0.05) is 17.0 Å². The molecule has 2 unspecified atom stereocenters. The first-order chi connectivity index (χ1) is 23.3. The molecule has 47 heavy (non-hydrogen) atoms. The van der Waals surface area contributed by atoms with Crippen LogP contribution in [0.4, 0.5) is 0 Å². The maximum atomic E-state index is 6.23. The van der Waals surface area contributed by atoms with Crippen molar-refractivity contribution in [1.29, 1.82) is 0 Å². The molecule has 0 radical (unpaired) electrons. The van der Waals surface area contributed by atoms with E-state index in [4.69, 9.17) is 9.72 Å². The fraction of sp³-hybridized carbons (Fsp3) is 0.0444. The van der Waals surface area contributed by atoms with E-state index in [2.05, 4.69) is 158 Å². The zero-order valence-corrected chi connectivity index (χ0v) is 25.6. The minimum Gasteiger partial charge on any atom is -0.483 e. The van der Waals surface area contributed by atoms with E-state index >= 15 is 0 Å². The van der Waals surface area contributed by atoms with Crippen LogP contribution < -0.4 is 4.74 Å². The molecule has 0 fully saturated rings. The lowest BCUT2D eigenvalue weighted by molar-refractivity contribution is 0.268. The number of aromatic nitrogens is 1. The van der Waals surface area contributed by atoms with Gasteiger partial charge in [-0.15, -0.1) is 0 Å². The summed E-state index contributed by atoms with van der Waals surface area (Å²) in [6.07, 6.45) is 10.5. The van der Waals surface area contributed by atoms with E-state index < -0.39 is 0 Å². The van der Waals surface area contributed by atoms with Gasteiger partial charge < -0.3 is 4.74 Å². The van der Waals surface area contributed by atoms with Crippen LogP contribution in [0.15, 0.2) is 164 Å². The van der Waals surface area contributed by atoms with E-state index in [-0.39, 0.29) is 12.0 Å². The highest BCUT2D eigenvalue weighted by Crippen LogP contribution is 2.47. The van der Waals surface area contributed by atoms with Gasteiger partial charge in [0.1, 0.15) is 11.9 Å². The third-order valence-electron chi connectivity index (χ3n) is 10.0. The normalized spacial score (nSPS) is 16.5. The number of rotatable bonds is 3. The highest BCUT2D eigenvalue weighted by Gasteiger charge is 2.32. The van der Waals surface area contributed by atoms with Gasteiger partial charge in [-0.05, 0) is 95.7 Å². The number of allylic oxidation sites excluding steroid dienone is 2. The Morgan fingerprint density at radius 1 is 0.468 bits per heavy atom. The minimum atomic E-state index is 0.0408. The number of benzene rings is 7. The molecular formula is C45H29NO. The summed E-state index contributed by atoms with van der Waals surface area (Å²) in [5.41, 5.74) is 8.20. The molecule has 1 aliphatic carbocycles. The third kappa shape index (κ3) is 4.15. The number of hydrogen-bond acceptors (Lipinski definition) is 2. The van der Waals surface area contributed by atoms with Crippen LogP contribution in [0.3, 0.4) is 0 Å². The van der Waals surface area contributed by atoms with Crippen LogP contribution in [0.25, 0.3) is 76.6 Å². The molecule has 0 bridgehead atoms. The lowest BCUT2D eigenvalue weighted by Gasteiger charge is -2.19. The molecular weight excluding hydrogens is 571 g/mol. The minimum absolute atomic E-state index is 0.0408. The van der Waals surface area contributed by atoms with Gasteiger partial charge in [-0.2, -0.15) is 0 Å². The van der Waals surface area contributed by atoms with E-state index in [1.54, 1.807) is 0 Å². The highest BCUT2D eigenvalue weighted by molar-refractivity contribution is 6.22. The Labute approximate surface area is 272 Å². The summed E-state index contributed by atoms with van der Waals surface area (Å²) < 4.78 is 6.23. The molecule has 0 N–H and O–H groups in total. The molecule has 2 aliphatic rings. The first-order valence-electron chi connectivity index (χ1n) is 16.3. The summed E-state index contributed by atoms with van der Waals surface area (Å²) in [5, 5.41) is 9.92. The molecule has 1 aromatic heterocycles. The van der Waals surface area contributed by atoms with Crippen molar-refractivity contribution < 1.29 is 4.74 Å². The predicted octanol–water partition coefficient (Wildman–Crippen LogP) is 11.7. The average molecular weight is 600 g/mol. The van der Waals surface area contributed by atoms with Gasteiger partial charge >= 0.3 is 0 Å². The molecule has 10 rings (SSSR count). The second kappa shape index (κ2) is 10.3. The van der Waals surface area contributed by atoms with Crippen LogP contribution in [0.1, 0.15) is 11.5 Å². The number of nitrogens with zero attached hydrogens (tertiary/aromatic N) is 1. The molecule has 8 aromatic rings. The van der Waals surface area contributed by atoms with Crippen molar-refractivity contribution in [2.75, 3.05) is 0 Å². The Bertz CT molecular complexity index is 2630. The predicted molar refractivity (Wildman–Crippen MR) is 196 cm³/mol. The Hall–Kier alpha value is -5.99. The van der Waals surface area contributed by atoms with E-state index in [0.717, 1.165) is 17.0 Å². The Balaban J connectivity index is 1.27. The lowest BCUT2D eigenvalue weighted by atomic mass is 9.84. The Morgan fingerprint density at radius 2 is 1.04 bits per heavy atom. The van der Waals surface area contributed by atoms with Gasteiger partial charge in [-0.1, -0.05) is 127 Å². The first-order valence-corrected chi connectivity index (χ1v) is 16.3.